The molecule has 0 saturated carbocycles. The van der Waals surface area contributed by atoms with Crippen molar-refractivity contribution in [1.82, 2.24) is 20.1 Å². The van der Waals surface area contributed by atoms with Crippen molar-refractivity contribution in [2.45, 2.75) is 19.9 Å². The van der Waals surface area contributed by atoms with Gasteiger partial charge in [-0.25, -0.2) is 14.1 Å². The molecule has 0 aliphatic heterocycles. The molecule has 0 unspecified atom stereocenters. The van der Waals surface area contributed by atoms with Gasteiger partial charge >= 0.3 is 0 Å². The van der Waals surface area contributed by atoms with Crippen LogP contribution in [0.2, 0.25) is 0 Å². The van der Waals surface area contributed by atoms with Crippen molar-refractivity contribution < 1.29 is 13.9 Å². The van der Waals surface area contributed by atoms with E-state index in [0.717, 1.165) is 11.0 Å². The smallest absolute Gasteiger partial charge is 0.252 e. The number of halogens is 1. The summed E-state index contributed by atoms with van der Waals surface area (Å²) in [6.07, 6.45) is 3.22. The van der Waals surface area contributed by atoms with Crippen LogP contribution in [0.15, 0.2) is 42.7 Å². The molecule has 0 atom stereocenters. The fourth-order valence-corrected chi connectivity index (χ4v) is 2.43. The average Bonchev–Trinajstić information content (AvgIpc) is 3.03. The minimum absolute atomic E-state index is 0.168. The van der Waals surface area contributed by atoms with E-state index in [-0.39, 0.29) is 30.9 Å². The number of para-hydroxylation sites is 1. The largest absolute Gasteiger partial charge is 0.489 e. The van der Waals surface area contributed by atoms with E-state index in [1.165, 1.54) is 12.3 Å². The standard InChI is InChI=1S/C18H19FN4O2/c1-12(2)23-17-13(11-22-23)9-14(10-21-17)18(24)20-7-8-25-16-6-4-3-5-15(16)19/h3-6,9-12H,7-8H2,1-2H3,(H,20,24). The molecule has 1 aromatic carbocycles. The van der Waals surface area contributed by atoms with Crippen LogP contribution in [-0.2, 0) is 0 Å². The summed E-state index contributed by atoms with van der Waals surface area (Å²) in [4.78, 5) is 16.5. The number of benzene rings is 1. The van der Waals surface area contributed by atoms with Gasteiger partial charge in [0.1, 0.15) is 6.61 Å². The molecule has 1 N–H and O–H groups in total. The van der Waals surface area contributed by atoms with Crippen LogP contribution in [0.5, 0.6) is 5.75 Å². The molecule has 0 fully saturated rings. The van der Waals surface area contributed by atoms with Gasteiger partial charge in [-0.3, -0.25) is 4.79 Å². The number of rotatable bonds is 6. The van der Waals surface area contributed by atoms with E-state index in [4.69, 9.17) is 4.74 Å². The number of nitrogens with one attached hydrogen (secondary N) is 1. The summed E-state index contributed by atoms with van der Waals surface area (Å²) in [5, 5.41) is 7.82. The first-order valence-corrected chi connectivity index (χ1v) is 8.05. The van der Waals surface area contributed by atoms with E-state index in [1.807, 2.05) is 13.8 Å². The van der Waals surface area contributed by atoms with Crippen molar-refractivity contribution in [3.8, 4) is 5.75 Å². The number of nitrogens with zero attached hydrogens (tertiary/aromatic N) is 3. The second-order valence-corrected chi connectivity index (χ2v) is 5.85. The fourth-order valence-electron chi connectivity index (χ4n) is 2.43. The maximum absolute atomic E-state index is 13.4. The zero-order valence-corrected chi connectivity index (χ0v) is 14.1. The number of hydrogen-bond acceptors (Lipinski definition) is 4. The first kappa shape index (κ1) is 16.9. The van der Waals surface area contributed by atoms with Crippen LogP contribution in [0.4, 0.5) is 4.39 Å². The van der Waals surface area contributed by atoms with Gasteiger partial charge in [-0.2, -0.15) is 5.10 Å². The Morgan fingerprint density at radius 3 is 2.88 bits per heavy atom. The van der Waals surface area contributed by atoms with Crippen molar-refractivity contribution in [3.05, 3.63) is 54.1 Å². The molecular weight excluding hydrogens is 323 g/mol. The highest BCUT2D eigenvalue weighted by Gasteiger charge is 2.11. The lowest BCUT2D eigenvalue weighted by atomic mass is 10.2. The summed E-state index contributed by atoms with van der Waals surface area (Å²) in [6, 6.07) is 8.10. The average molecular weight is 342 g/mol. The van der Waals surface area contributed by atoms with Crippen LogP contribution >= 0.6 is 0 Å². The monoisotopic (exact) mass is 342 g/mol. The van der Waals surface area contributed by atoms with Crippen molar-refractivity contribution in [2.24, 2.45) is 0 Å². The molecule has 7 heteroatoms. The number of amides is 1. The van der Waals surface area contributed by atoms with Gasteiger partial charge in [-0.15, -0.1) is 0 Å². The van der Waals surface area contributed by atoms with Gasteiger partial charge in [0.2, 0.25) is 0 Å². The van der Waals surface area contributed by atoms with E-state index in [0.29, 0.717) is 5.56 Å². The normalized spacial score (nSPS) is 11.0. The van der Waals surface area contributed by atoms with Gasteiger partial charge in [0.05, 0.1) is 18.3 Å². The van der Waals surface area contributed by atoms with Gasteiger partial charge in [0.25, 0.3) is 5.91 Å². The number of pyridine rings is 1. The molecule has 25 heavy (non-hydrogen) atoms. The number of hydrogen-bond donors (Lipinski definition) is 1. The van der Waals surface area contributed by atoms with Crippen LogP contribution < -0.4 is 10.1 Å². The third-order valence-corrected chi connectivity index (χ3v) is 3.67. The van der Waals surface area contributed by atoms with Crippen molar-refractivity contribution in [3.63, 3.8) is 0 Å². The second kappa shape index (κ2) is 7.29. The molecule has 0 spiro atoms. The fraction of sp³-hybridized carbons (Fsp3) is 0.278. The number of ether oxygens (including phenoxy) is 1. The summed E-state index contributed by atoms with van der Waals surface area (Å²) < 4.78 is 20.5. The first-order valence-electron chi connectivity index (χ1n) is 8.05. The summed E-state index contributed by atoms with van der Waals surface area (Å²) in [7, 11) is 0. The Kier molecular flexibility index (Phi) is 4.92. The number of aromatic nitrogens is 3. The van der Waals surface area contributed by atoms with Crippen LogP contribution in [0.1, 0.15) is 30.2 Å². The maximum atomic E-state index is 13.4. The highest BCUT2D eigenvalue weighted by Crippen LogP contribution is 2.17. The highest BCUT2D eigenvalue weighted by atomic mass is 19.1. The second-order valence-electron chi connectivity index (χ2n) is 5.85. The Morgan fingerprint density at radius 1 is 1.32 bits per heavy atom. The number of carbonyl (C=O) groups is 1. The van der Waals surface area contributed by atoms with Crippen molar-refractivity contribution in [2.75, 3.05) is 13.2 Å². The Morgan fingerprint density at radius 2 is 2.12 bits per heavy atom. The van der Waals surface area contributed by atoms with Gasteiger partial charge in [0, 0.05) is 17.6 Å². The van der Waals surface area contributed by atoms with E-state index in [9.17, 15) is 9.18 Å². The minimum atomic E-state index is -0.425. The minimum Gasteiger partial charge on any atom is -0.489 e. The quantitative estimate of drug-likeness (QED) is 0.699. The van der Waals surface area contributed by atoms with E-state index < -0.39 is 5.82 Å². The molecule has 0 saturated heterocycles. The van der Waals surface area contributed by atoms with E-state index in [2.05, 4.69) is 15.4 Å². The molecule has 6 nitrogen and oxygen atoms in total. The first-order chi connectivity index (χ1) is 12.1. The van der Waals surface area contributed by atoms with Crippen LogP contribution in [-0.4, -0.2) is 33.8 Å². The SMILES string of the molecule is CC(C)n1ncc2cc(C(=O)NCCOc3ccccc3F)cnc21. The van der Waals surface area contributed by atoms with Crippen molar-refractivity contribution in [1.29, 1.82) is 0 Å². The zero-order chi connectivity index (χ0) is 17.8. The molecule has 0 aliphatic rings. The summed E-state index contributed by atoms with van der Waals surface area (Å²) in [5.74, 6) is -0.518. The van der Waals surface area contributed by atoms with E-state index in [1.54, 1.807) is 35.1 Å². The number of fused-ring (bicyclic) bond motifs is 1. The predicted octanol–water partition coefficient (Wildman–Crippen LogP) is 2.96. The molecular formula is C18H19FN4O2. The third-order valence-electron chi connectivity index (χ3n) is 3.67. The lowest BCUT2D eigenvalue weighted by Gasteiger charge is -2.09. The summed E-state index contributed by atoms with van der Waals surface area (Å²) in [5.41, 5.74) is 1.19. The molecule has 0 bridgehead atoms. The van der Waals surface area contributed by atoms with Gasteiger partial charge in [0.15, 0.2) is 17.2 Å². The Balaban J connectivity index is 1.58. The molecule has 2 aromatic heterocycles. The summed E-state index contributed by atoms with van der Waals surface area (Å²) >= 11 is 0. The molecule has 2 heterocycles. The van der Waals surface area contributed by atoms with Crippen molar-refractivity contribution >= 4 is 16.9 Å². The van der Waals surface area contributed by atoms with Gasteiger partial charge in [-0.1, -0.05) is 12.1 Å². The maximum Gasteiger partial charge on any atom is 0.252 e. The number of carbonyl (C=O) groups excluding carboxylic acids is 1. The third kappa shape index (κ3) is 3.76. The molecule has 3 rings (SSSR count). The van der Waals surface area contributed by atoms with Crippen LogP contribution in [0, 0.1) is 5.82 Å². The molecule has 1 amide bonds. The van der Waals surface area contributed by atoms with Crippen LogP contribution in [0.25, 0.3) is 11.0 Å². The molecule has 130 valence electrons. The zero-order valence-electron chi connectivity index (χ0n) is 14.1. The molecule has 0 aliphatic carbocycles. The molecule has 0 radical (unpaired) electrons. The lowest BCUT2D eigenvalue weighted by molar-refractivity contribution is 0.0946. The lowest BCUT2D eigenvalue weighted by Crippen LogP contribution is -2.28. The van der Waals surface area contributed by atoms with Gasteiger partial charge in [-0.05, 0) is 32.0 Å². The summed E-state index contributed by atoms with van der Waals surface area (Å²) in [6.45, 7) is 4.47. The van der Waals surface area contributed by atoms with E-state index >= 15 is 0 Å². The van der Waals surface area contributed by atoms with Crippen LogP contribution in [0.3, 0.4) is 0 Å². The molecule has 3 aromatic rings. The highest BCUT2D eigenvalue weighted by molar-refractivity contribution is 5.96. The Labute approximate surface area is 144 Å². The van der Waals surface area contributed by atoms with Gasteiger partial charge < -0.3 is 10.1 Å². The topological polar surface area (TPSA) is 69.0 Å². The predicted molar refractivity (Wildman–Crippen MR) is 92.1 cm³/mol. The Hall–Kier alpha value is -2.96. The Bertz CT molecular complexity index is 892.